The predicted molar refractivity (Wildman–Crippen MR) is 171 cm³/mol. The standard InChI is InChI=1S/C31H41N9O9/c1-3-16(2)26(30(47)39-24(31(48)49)10-19-13-34-15-36-19)40-29(46)22(8-17-4-6-20(41)7-5-17)38-28(45)23(9-18-12-33-14-35-18)37-27(44)21(32)11-25(42)43/h4-7,12-16,21-24,26,41H,3,8-11,32H2,1-2H3,(H,33,35)(H,34,36)(H,37,44)(H,38,45)(H,39,47)(H,40,46)(H,42,43)(H,48,49)/t16-,21-,22-,23-,24-,26-/m0/s1. The van der Waals surface area contributed by atoms with Crippen molar-refractivity contribution < 1.29 is 44.1 Å². The molecule has 0 aliphatic heterocycles. The van der Waals surface area contributed by atoms with Gasteiger partial charge in [-0.3, -0.25) is 24.0 Å². The maximum absolute atomic E-state index is 13.9. The van der Waals surface area contributed by atoms with E-state index in [9.17, 15) is 39.0 Å². The number of nitrogens with zero attached hydrogens (tertiary/aromatic N) is 2. The van der Waals surface area contributed by atoms with Crippen LogP contribution in [0.3, 0.4) is 0 Å². The first-order valence-corrected chi connectivity index (χ1v) is 15.4. The van der Waals surface area contributed by atoms with Gasteiger partial charge < -0.3 is 52.3 Å². The molecule has 0 fully saturated rings. The number of aliphatic carboxylic acids is 2. The number of aromatic amines is 2. The summed E-state index contributed by atoms with van der Waals surface area (Å²) in [5, 5.41) is 38.7. The minimum atomic E-state index is -1.47. The zero-order chi connectivity index (χ0) is 36.1. The number of aromatic nitrogens is 4. The van der Waals surface area contributed by atoms with Gasteiger partial charge in [-0.15, -0.1) is 0 Å². The number of carboxylic acids is 2. The number of imidazole rings is 2. The number of amides is 4. The first kappa shape index (κ1) is 37.7. The van der Waals surface area contributed by atoms with Crippen molar-refractivity contribution in [2.24, 2.45) is 11.7 Å². The molecule has 11 N–H and O–H groups in total. The minimum Gasteiger partial charge on any atom is -0.508 e. The largest absolute Gasteiger partial charge is 0.508 e. The summed E-state index contributed by atoms with van der Waals surface area (Å²) in [4.78, 5) is 90.2. The number of H-pyrrole nitrogens is 2. The molecule has 49 heavy (non-hydrogen) atoms. The lowest BCUT2D eigenvalue weighted by atomic mass is 9.96. The molecule has 0 spiro atoms. The first-order valence-electron chi connectivity index (χ1n) is 15.4. The third-order valence-electron chi connectivity index (χ3n) is 7.74. The predicted octanol–water partition coefficient (Wildman–Crippen LogP) is -1.26. The Hall–Kier alpha value is -5.78. The van der Waals surface area contributed by atoms with Crippen molar-refractivity contribution in [3.05, 3.63) is 66.3 Å². The molecule has 2 aromatic heterocycles. The number of carbonyl (C=O) groups excluding carboxylic acids is 4. The third-order valence-corrected chi connectivity index (χ3v) is 7.74. The highest BCUT2D eigenvalue weighted by molar-refractivity contribution is 5.96. The lowest BCUT2D eigenvalue weighted by Crippen LogP contribution is -2.60. The molecule has 0 aliphatic rings. The molecule has 0 saturated carbocycles. The smallest absolute Gasteiger partial charge is 0.326 e. The van der Waals surface area contributed by atoms with E-state index in [1.54, 1.807) is 13.8 Å². The van der Waals surface area contributed by atoms with E-state index in [-0.39, 0.29) is 25.0 Å². The Balaban J connectivity index is 1.87. The lowest BCUT2D eigenvalue weighted by molar-refractivity contribution is -0.142. The van der Waals surface area contributed by atoms with Crippen LogP contribution in [0.15, 0.2) is 49.3 Å². The van der Waals surface area contributed by atoms with Gasteiger partial charge in [0.25, 0.3) is 0 Å². The average Bonchev–Trinajstić information content (AvgIpc) is 3.77. The van der Waals surface area contributed by atoms with E-state index in [0.29, 0.717) is 23.4 Å². The number of nitrogens with two attached hydrogens (primary N) is 1. The van der Waals surface area contributed by atoms with Crippen molar-refractivity contribution in [1.29, 1.82) is 0 Å². The van der Waals surface area contributed by atoms with Crippen LogP contribution < -0.4 is 27.0 Å². The topological polar surface area (TPSA) is 295 Å². The van der Waals surface area contributed by atoms with Crippen LogP contribution in [0.4, 0.5) is 0 Å². The van der Waals surface area contributed by atoms with Crippen LogP contribution in [0, 0.1) is 5.92 Å². The highest BCUT2D eigenvalue weighted by atomic mass is 16.4. The van der Waals surface area contributed by atoms with Crippen molar-refractivity contribution in [2.45, 2.75) is 76.2 Å². The number of nitrogens with one attached hydrogen (secondary N) is 6. The molecular formula is C31H41N9O9. The summed E-state index contributed by atoms with van der Waals surface area (Å²) >= 11 is 0. The molecule has 18 heteroatoms. The number of rotatable bonds is 19. The van der Waals surface area contributed by atoms with E-state index in [2.05, 4.69) is 41.2 Å². The van der Waals surface area contributed by atoms with Gasteiger partial charge in [-0.05, 0) is 23.6 Å². The highest BCUT2D eigenvalue weighted by Gasteiger charge is 2.34. The number of aromatic hydroxyl groups is 1. The van der Waals surface area contributed by atoms with Crippen LogP contribution >= 0.6 is 0 Å². The first-order chi connectivity index (χ1) is 23.3. The minimum absolute atomic E-state index is 0.0366. The second-order valence-electron chi connectivity index (χ2n) is 11.5. The zero-order valence-corrected chi connectivity index (χ0v) is 26.9. The lowest BCUT2D eigenvalue weighted by Gasteiger charge is -2.28. The molecule has 6 atom stereocenters. The second kappa shape index (κ2) is 17.9. The van der Waals surface area contributed by atoms with E-state index >= 15 is 0 Å². The molecule has 0 saturated heterocycles. The Labute approximate surface area is 280 Å². The van der Waals surface area contributed by atoms with Gasteiger partial charge in [-0.1, -0.05) is 32.4 Å². The van der Waals surface area contributed by atoms with Crippen LogP contribution in [0.5, 0.6) is 5.75 Å². The van der Waals surface area contributed by atoms with Gasteiger partial charge in [0, 0.05) is 43.0 Å². The molecule has 3 rings (SSSR count). The molecule has 18 nitrogen and oxygen atoms in total. The van der Waals surface area contributed by atoms with Crippen LogP contribution in [-0.4, -0.2) is 101 Å². The van der Waals surface area contributed by atoms with Crippen molar-refractivity contribution in [2.75, 3.05) is 0 Å². The normalized spacial score (nSPS) is 14.7. The Bertz CT molecular complexity index is 1560. The summed E-state index contributed by atoms with van der Waals surface area (Å²) in [6.07, 6.45) is 4.94. The molecule has 0 unspecified atom stereocenters. The average molecular weight is 684 g/mol. The number of carbonyl (C=O) groups is 6. The Morgan fingerprint density at radius 2 is 1.27 bits per heavy atom. The summed E-state index contributed by atoms with van der Waals surface area (Å²) in [5.74, 6) is -6.44. The molecule has 1 aromatic carbocycles. The summed E-state index contributed by atoms with van der Waals surface area (Å²) < 4.78 is 0. The van der Waals surface area contributed by atoms with Gasteiger partial charge >= 0.3 is 11.9 Å². The number of carboxylic acid groups (broad SMARTS) is 2. The van der Waals surface area contributed by atoms with Gasteiger partial charge in [0.15, 0.2) is 0 Å². The fraction of sp³-hybridized carbons (Fsp3) is 0.419. The quantitative estimate of drug-likeness (QED) is 0.0708. The number of hydrogen-bond donors (Lipinski definition) is 10. The Kier molecular flexibility index (Phi) is 13.8. The van der Waals surface area contributed by atoms with Crippen molar-refractivity contribution in [3.8, 4) is 5.75 Å². The van der Waals surface area contributed by atoms with E-state index in [1.807, 2.05) is 0 Å². The van der Waals surface area contributed by atoms with E-state index in [0.717, 1.165) is 0 Å². The fourth-order valence-corrected chi connectivity index (χ4v) is 4.77. The molecular weight excluding hydrogens is 642 g/mol. The van der Waals surface area contributed by atoms with Gasteiger partial charge in [-0.2, -0.15) is 0 Å². The SMILES string of the molecule is CC[C@H](C)[C@H](NC(=O)[C@H](Cc1ccc(O)cc1)NC(=O)[C@H](Cc1cnc[nH]1)NC(=O)[C@@H](N)CC(=O)O)C(=O)N[C@@H](Cc1cnc[nH]1)C(=O)O. The molecule has 4 amide bonds. The zero-order valence-electron chi connectivity index (χ0n) is 26.9. The molecule has 2 heterocycles. The van der Waals surface area contributed by atoms with Crippen LogP contribution in [0.2, 0.25) is 0 Å². The van der Waals surface area contributed by atoms with Crippen LogP contribution in [0.25, 0.3) is 0 Å². The second-order valence-corrected chi connectivity index (χ2v) is 11.5. The van der Waals surface area contributed by atoms with Gasteiger partial charge in [0.2, 0.25) is 23.6 Å². The van der Waals surface area contributed by atoms with Gasteiger partial charge in [0.05, 0.1) is 25.1 Å². The van der Waals surface area contributed by atoms with E-state index < -0.39 is 78.1 Å². The maximum atomic E-state index is 13.9. The number of phenolic OH excluding ortho intramolecular Hbond substituents is 1. The van der Waals surface area contributed by atoms with Gasteiger partial charge in [0.1, 0.15) is 29.9 Å². The molecule has 0 radical (unpaired) electrons. The number of phenols is 1. The molecule has 264 valence electrons. The van der Waals surface area contributed by atoms with Crippen LogP contribution in [-0.2, 0) is 48.0 Å². The maximum Gasteiger partial charge on any atom is 0.326 e. The van der Waals surface area contributed by atoms with Crippen molar-refractivity contribution >= 4 is 35.6 Å². The monoisotopic (exact) mass is 683 g/mol. The summed E-state index contributed by atoms with van der Waals surface area (Å²) in [6.45, 7) is 3.48. The molecule has 0 aliphatic carbocycles. The highest BCUT2D eigenvalue weighted by Crippen LogP contribution is 2.14. The molecule has 3 aromatic rings. The van der Waals surface area contributed by atoms with E-state index in [4.69, 9.17) is 10.8 Å². The Morgan fingerprint density at radius 1 is 0.755 bits per heavy atom. The number of benzene rings is 1. The fourth-order valence-electron chi connectivity index (χ4n) is 4.77. The van der Waals surface area contributed by atoms with E-state index in [1.165, 1.54) is 49.3 Å². The summed E-state index contributed by atoms with van der Waals surface area (Å²) in [7, 11) is 0. The Morgan fingerprint density at radius 3 is 1.78 bits per heavy atom. The van der Waals surface area contributed by atoms with Crippen molar-refractivity contribution in [3.63, 3.8) is 0 Å². The summed E-state index contributed by atoms with van der Waals surface area (Å²) in [5.41, 5.74) is 7.13. The van der Waals surface area contributed by atoms with Crippen molar-refractivity contribution in [1.82, 2.24) is 41.2 Å². The third kappa shape index (κ3) is 11.8. The van der Waals surface area contributed by atoms with Crippen LogP contribution in [0.1, 0.15) is 43.6 Å². The summed E-state index contributed by atoms with van der Waals surface area (Å²) in [6, 6.07) is -0.871. The molecule has 0 bridgehead atoms. The number of hydrogen-bond acceptors (Lipinski definition) is 10. The van der Waals surface area contributed by atoms with Gasteiger partial charge in [-0.25, -0.2) is 14.8 Å².